The highest BCUT2D eigenvalue weighted by Crippen LogP contribution is 2.14. The standard InChI is InChI=1S/C17H18NO5/c1-21-16-9-7-15(8-10-16)11-22-13-17(18(19)20)23-12-14-5-3-2-4-6-14/h2-10H,11-13H2,1H3. The van der Waals surface area contributed by atoms with Crippen LogP contribution in [0.15, 0.2) is 54.6 Å². The summed E-state index contributed by atoms with van der Waals surface area (Å²) in [7, 11) is 1.59. The summed E-state index contributed by atoms with van der Waals surface area (Å²) in [5.41, 5.74) is 1.76. The highest BCUT2D eigenvalue weighted by atomic mass is 16.7. The second-order valence-electron chi connectivity index (χ2n) is 4.77. The van der Waals surface area contributed by atoms with Crippen LogP contribution in [0, 0.1) is 16.3 Å². The number of nitrogens with zero attached hydrogens (tertiary/aromatic N) is 1. The predicted molar refractivity (Wildman–Crippen MR) is 84.1 cm³/mol. The van der Waals surface area contributed by atoms with Crippen LogP contribution >= 0.6 is 0 Å². The van der Waals surface area contributed by atoms with Gasteiger partial charge in [0.1, 0.15) is 5.75 Å². The fraction of sp³-hybridized carbons (Fsp3) is 0.235. The van der Waals surface area contributed by atoms with E-state index in [1.807, 2.05) is 54.6 Å². The molecule has 1 radical (unpaired) electrons. The molecule has 0 saturated heterocycles. The molecular formula is C17H18NO5. The topological polar surface area (TPSA) is 70.8 Å². The monoisotopic (exact) mass is 316 g/mol. The van der Waals surface area contributed by atoms with Crippen molar-refractivity contribution in [3.05, 3.63) is 82.1 Å². The van der Waals surface area contributed by atoms with Gasteiger partial charge in [-0.3, -0.25) is 10.1 Å². The minimum atomic E-state index is -0.559. The van der Waals surface area contributed by atoms with E-state index in [1.54, 1.807) is 7.11 Å². The van der Waals surface area contributed by atoms with Gasteiger partial charge in [0.05, 0.1) is 25.2 Å². The van der Waals surface area contributed by atoms with E-state index in [2.05, 4.69) is 0 Å². The van der Waals surface area contributed by atoms with Gasteiger partial charge in [0.25, 0.3) is 0 Å². The minimum absolute atomic E-state index is 0.142. The van der Waals surface area contributed by atoms with Crippen LogP contribution in [0.2, 0.25) is 0 Å². The fourth-order valence-corrected chi connectivity index (χ4v) is 1.87. The first-order valence-electron chi connectivity index (χ1n) is 7.06. The van der Waals surface area contributed by atoms with Gasteiger partial charge < -0.3 is 14.2 Å². The van der Waals surface area contributed by atoms with Gasteiger partial charge >= 0.3 is 6.23 Å². The average molecular weight is 316 g/mol. The van der Waals surface area contributed by atoms with E-state index in [9.17, 15) is 10.1 Å². The lowest BCUT2D eigenvalue weighted by molar-refractivity contribution is -0.518. The van der Waals surface area contributed by atoms with Crippen molar-refractivity contribution in [2.75, 3.05) is 13.7 Å². The van der Waals surface area contributed by atoms with Crippen LogP contribution in [-0.2, 0) is 22.7 Å². The van der Waals surface area contributed by atoms with E-state index in [-0.39, 0.29) is 26.0 Å². The number of hydrogen-bond acceptors (Lipinski definition) is 5. The quantitative estimate of drug-likeness (QED) is 0.525. The highest BCUT2D eigenvalue weighted by molar-refractivity contribution is 5.26. The Morgan fingerprint density at radius 3 is 2.26 bits per heavy atom. The molecule has 0 saturated carbocycles. The van der Waals surface area contributed by atoms with Gasteiger partial charge in [0, 0.05) is 0 Å². The van der Waals surface area contributed by atoms with Crippen LogP contribution in [-0.4, -0.2) is 18.6 Å². The Labute approximate surface area is 134 Å². The second kappa shape index (κ2) is 8.87. The van der Waals surface area contributed by atoms with Crippen molar-refractivity contribution in [1.29, 1.82) is 0 Å². The van der Waals surface area contributed by atoms with Crippen molar-refractivity contribution in [2.24, 2.45) is 0 Å². The Bertz CT molecular complexity index is 600. The molecule has 0 aromatic heterocycles. The predicted octanol–water partition coefficient (Wildman–Crippen LogP) is 3.19. The Hall–Kier alpha value is -2.44. The zero-order valence-corrected chi connectivity index (χ0v) is 12.8. The number of nitro groups is 1. The van der Waals surface area contributed by atoms with Crippen LogP contribution in [0.3, 0.4) is 0 Å². The Morgan fingerprint density at radius 2 is 1.65 bits per heavy atom. The Morgan fingerprint density at radius 1 is 1.00 bits per heavy atom. The summed E-state index contributed by atoms with van der Waals surface area (Å²) in [5, 5.41) is 11.0. The lowest BCUT2D eigenvalue weighted by Gasteiger charge is -2.09. The summed E-state index contributed by atoms with van der Waals surface area (Å²) < 4.78 is 15.7. The largest absolute Gasteiger partial charge is 0.497 e. The molecule has 0 heterocycles. The molecule has 0 fully saturated rings. The molecule has 0 aliphatic rings. The second-order valence-corrected chi connectivity index (χ2v) is 4.77. The third-order valence-electron chi connectivity index (χ3n) is 3.11. The van der Waals surface area contributed by atoms with Crippen molar-refractivity contribution in [3.8, 4) is 5.75 Å². The van der Waals surface area contributed by atoms with Gasteiger partial charge in [-0.25, -0.2) is 0 Å². The van der Waals surface area contributed by atoms with E-state index in [0.717, 1.165) is 16.9 Å². The number of methoxy groups -OCH3 is 1. The maximum Gasteiger partial charge on any atom is 0.447 e. The fourth-order valence-electron chi connectivity index (χ4n) is 1.87. The molecule has 0 aliphatic carbocycles. The average Bonchev–Trinajstić information content (AvgIpc) is 2.59. The van der Waals surface area contributed by atoms with Crippen LogP contribution in [0.4, 0.5) is 0 Å². The van der Waals surface area contributed by atoms with E-state index < -0.39 is 4.92 Å². The maximum absolute atomic E-state index is 11.0. The molecule has 0 atom stereocenters. The third-order valence-corrected chi connectivity index (χ3v) is 3.11. The van der Waals surface area contributed by atoms with Crippen molar-refractivity contribution in [1.82, 2.24) is 0 Å². The van der Waals surface area contributed by atoms with Crippen molar-refractivity contribution in [2.45, 2.75) is 13.2 Å². The van der Waals surface area contributed by atoms with Crippen molar-refractivity contribution >= 4 is 0 Å². The normalized spacial score (nSPS) is 10.7. The minimum Gasteiger partial charge on any atom is -0.497 e. The lowest BCUT2D eigenvalue weighted by atomic mass is 10.2. The Balaban J connectivity index is 1.78. The zero-order valence-electron chi connectivity index (χ0n) is 12.8. The summed E-state index contributed by atoms with van der Waals surface area (Å²) in [5.74, 6) is 0.748. The summed E-state index contributed by atoms with van der Waals surface area (Å²) >= 11 is 0. The number of hydrogen-bond donors (Lipinski definition) is 0. The molecule has 6 nitrogen and oxygen atoms in total. The van der Waals surface area contributed by atoms with Crippen molar-refractivity contribution < 1.29 is 19.1 Å². The van der Waals surface area contributed by atoms with Gasteiger partial charge in [-0.1, -0.05) is 42.5 Å². The maximum atomic E-state index is 11.0. The SMILES string of the molecule is COc1ccc(COC[C](OCc2ccccc2)[N+](=O)[O-])cc1. The van der Waals surface area contributed by atoms with Gasteiger partial charge in [-0.2, -0.15) is 0 Å². The molecule has 0 bridgehead atoms. The van der Waals surface area contributed by atoms with Crippen molar-refractivity contribution in [3.63, 3.8) is 0 Å². The number of rotatable bonds is 9. The lowest BCUT2D eigenvalue weighted by Crippen LogP contribution is -2.20. The Kier molecular flexibility index (Phi) is 6.53. The first kappa shape index (κ1) is 16.9. The van der Waals surface area contributed by atoms with E-state index >= 15 is 0 Å². The summed E-state index contributed by atoms with van der Waals surface area (Å²) in [6.07, 6.45) is -0.303. The van der Waals surface area contributed by atoms with Gasteiger partial charge in [0.15, 0.2) is 6.61 Å². The smallest absolute Gasteiger partial charge is 0.447 e. The molecule has 6 heteroatoms. The molecule has 23 heavy (non-hydrogen) atoms. The summed E-state index contributed by atoms with van der Waals surface area (Å²) in [4.78, 5) is 10.4. The molecular weight excluding hydrogens is 298 g/mol. The van der Waals surface area contributed by atoms with Crippen LogP contribution < -0.4 is 4.74 Å². The molecule has 0 aliphatic heterocycles. The third kappa shape index (κ3) is 5.69. The molecule has 0 spiro atoms. The van der Waals surface area contributed by atoms with Gasteiger partial charge in [-0.05, 0) is 23.3 Å². The number of ether oxygens (including phenoxy) is 3. The van der Waals surface area contributed by atoms with Crippen LogP contribution in [0.1, 0.15) is 11.1 Å². The first-order valence-corrected chi connectivity index (χ1v) is 7.06. The molecule has 121 valence electrons. The van der Waals surface area contributed by atoms with Crippen LogP contribution in [0.5, 0.6) is 5.75 Å². The van der Waals surface area contributed by atoms with E-state index in [0.29, 0.717) is 0 Å². The summed E-state index contributed by atoms with van der Waals surface area (Å²) in [6, 6.07) is 16.6. The molecule has 0 N–H and O–H groups in total. The van der Waals surface area contributed by atoms with E-state index in [4.69, 9.17) is 14.2 Å². The summed E-state index contributed by atoms with van der Waals surface area (Å²) in [6.45, 7) is 0.213. The molecule has 0 unspecified atom stereocenters. The molecule has 0 amide bonds. The molecule has 2 aromatic carbocycles. The van der Waals surface area contributed by atoms with Crippen LogP contribution in [0.25, 0.3) is 0 Å². The molecule has 2 aromatic rings. The molecule has 2 rings (SSSR count). The zero-order chi connectivity index (χ0) is 16.5. The van der Waals surface area contributed by atoms with Gasteiger partial charge in [-0.15, -0.1) is 0 Å². The van der Waals surface area contributed by atoms with Gasteiger partial charge in [0.2, 0.25) is 0 Å². The highest BCUT2D eigenvalue weighted by Gasteiger charge is 2.25. The van der Waals surface area contributed by atoms with E-state index in [1.165, 1.54) is 0 Å². The first-order chi connectivity index (χ1) is 11.2. The number of benzene rings is 2.